The topological polar surface area (TPSA) is 153 Å². The number of carbonyl (C=O) groups is 4. The number of carboxylic acid groups (broad SMARTS) is 3. The first-order valence-corrected chi connectivity index (χ1v) is 17.0. The van der Waals surface area contributed by atoms with Crippen LogP contribution < -0.4 is 10.6 Å². The van der Waals surface area contributed by atoms with E-state index in [9.17, 15) is 34.5 Å². The minimum atomic E-state index is -3.90. The first-order valence-electron chi connectivity index (χ1n) is 15.3. The van der Waals surface area contributed by atoms with Crippen molar-refractivity contribution in [2.45, 2.75) is 60.0 Å². The molecular weight excluding hydrogens is 607 g/mol. The Labute approximate surface area is 270 Å². The van der Waals surface area contributed by atoms with Crippen LogP contribution in [0.4, 0.5) is 0 Å². The molecular formula is C35H43N2O8P. The van der Waals surface area contributed by atoms with Crippen molar-refractivity contribution >= 4 is 41.2 Å². The van der Waals surface area contributed by atoms with E-state index in [0.717, 1.165) is 16.7 Å². The summed E-state index contributed by atoms with van der Waals surface area (Å²) in [5.74, 6) is -2.96. The molecule has 0 amide bonds. The van der Waals surface area contributed by atoms with Crippen LogP contribution in [0.25, 0.3) is 0 Å². The lowest BCUT2D eigenvalue weighted by Crippen LogP contribution is -2.31. The van der Waals surface area contributed by atoms with E-state index in [1.54, 1.807) is 72.5 Å². The van der Waals surface area contributed by atoms with Gasteiger partial charge in [0.1, 0.15) is 0 Å². The van der Waals surface area contributed by atoms with Gasteiger partial charge in [0.15, 0.2) is 0 Å². The molecule has 0 atom stereocenters. The van der Waals surface area contributed by atoms with E-state index >= 15 is 4.57 Å². The summed E-state index contributed by atoms with van der Waals surface area (Å²) in [7, 11) is -3.90. The third kappa shape index (κ3) is 8.78. The molecule has 3 N–H and O–H groups in total. The van der Waals surface area contributed by atoms with Crippen LogP contribution in [0.15, 0.2) is 60.7 Å². The van der Waals surface area contributed by atoms with Gasteiger partial charge in [-0.2, -0.15) is 0 Å². The lowest BCUT2D eigenvalue weighted by atomic mass is 9.87. The maximum atomic E-state index is 15.2. The van der Waals surface area contributed by atoms with Gasteiger partial charge in [0, 0.05) is 48.9 Å². The molecule has 0 aromatic heterocycles. The molecule has 10 nitrogen and oxygen atoms in total. The first kappa shape index (κ1) is 36.4. The van der Waals surface area contributed by atoms with Crippen LogP contribution in [0.1, 0.15) is 64.4 Å². The Kier molecular flexibility index (Phi) is 13.0. The minimum absolute atomic E-state index is 0.0637. The summed E-state index contributed by atoms with van der Waals surface area (Å²) in [6.45, 7) is 8.98. The Hall–Kier alpha value is -4.11. The first-order chi connectivity index (χ1) is 21.8. The molecule has 0 fully saturated rings. The second-order valence-electron chi connectivity index (χ2n) is 11.4. The summed E-state index contributed by atoms with van der Waals surface area (Å²) in [5.41, 5.74) is 3.37. The molecule has 0 heterocycles. The molecule has 0 aliphatic heterocycles. The van der Waals surface area contributed by atoms with Gasteiger partial charge < -0.3 is 19.9 Å². The Morgan fingerprint density at radius 3 is 1.35 bits per heavy atom. The molecule has 0 aliphatic carbocycles. The van der Waals surface area contributed by atoms with Crippen molar-refractivity contribution in [2.24, 2.45) is 0 Å². The number of carbonyl (C=O) groups excluding carboxylic acids is 1. The van der Waals surface area contributed by atoms with Crippen molar-refractivity contribution in [1.82, 2.24) is 9.80 Å². The number of hydrogen-bond donors (Lipinski definition) is 3. The van der Waals surface area contributed by atoms with Crippen molar-refractivity contribution in [2.75, 3.05) is 26.2 Å². The molecule has 3 rings (SSSR count). The normalized spacial score (nSPS) is 11.6. The van der Waals surface area contributed by atoms with Gasteiger partial charge in [-0.3, -0.25) is 29.0 Å². The molecule has 0 saturated heterocycles. The van der Waals surface area contributed by atoms with E-state index in [1.807, 2.05) is 25.7 Å². The van der Waals surface area contributed by atoms with E-state index in [0.29, 0.717) is 40.4 Å². The predicted octanol–water partition coefficient (Wildman–Crippen LogP) is 4.81. The maximum absolute atomic E-state index is 15.2. The zero-order chi connectivity index (χ0) is 34.0. The van der Waals surface area contributed by atoms with Gasteiger partial charge in [-0.15, -0.1) is 0 Å². The van der Waals surface area contributed by atoms with Crippen LogP contribution in [0.5, 0.6) is 0 Å². The predicted molar refractivity (Wildman–Crippen MR) is 178 cm³/mol. The molecule has 0 bridgehead atoms. The second kappa shape index (κ2) is 16.5. The number of hydrogen-bond acceptors (Lipinski definition) is 7. The fourth-order valence-corrected chi connectivity index (χ4v) is 8.37. The van der Waals surface area contributed by atoms with Crippen molar-refractivity contribution in [3.8, 4) is 0 Å². The third-order valence-corrected chi connectivity index (χ3v) is 11.3. The molecule has 246 valence electrons. The Balaban J connectivity index is 2.29. The molecule has 0 saturated carbocycles. The summed E-state index contributed by atoms with van der Waals surface area (Å²) >= 11 is 0. The quantitative estimate of drug-likeness (QED) is 0.164. The van der Waals surface area contributed by atoms with Crippen molar-refractivity contribution in [3.05, 3.63) is 94.0 Å². The zero-order valence-corrected chi connectivity index (χ0v) is 27.8. The van der Waals surface area contributed by atoms with Gasteiger partial charge in [0.2, 0.25) is 12.7 Å². The highest BCUT2D eigenvalue weighted by Crippen LogP contribution is 2.49. The molecule has 0 spiro atoms. The second-order valence-corrected chi connectivity index (χ2v) is 14.0. The van der Waals surface area contributed by atoms with Crippen molar-refractivity contribution in [1.29, 1.82) is 0 Å². The van der Waals surface area contributed by atoms with Gasteiger partial charge in [0.05, 0.1) is 19.3 Å². The SMILES string of the molecule is CCN(CCC(=O)O)Cc1c(C)c(CN(CCC(=O)O)CCC(=O)O)c(C)c(C(=O)P(=O)(c2ccccc2)c2ccccc2)c1C. The molecule has 0 radical (unpaired) electrons. The number of carboxylic acids is 3. The van der Waals surface area contributed by atoms with Gasteiger partial charge in [-0.25, -0.2) is 0 Å². The molecule has 3 aromatic carbocycles. The van der Waals surface area contributed by atoms with Gasteiger partial charge >= 0.3 is 17.9 Å². The Morgan fingerprint density at radius 2 is 0.978 bits per heavy atom. The average molecular weight is 651 g/mol. The summed E-state index contributed by atoms with van der Waals surface area (Å²) in [5, 5.41) is 28.9. The summed E-state index contributed by atoms with van der Waals surface area (Å²) in [6.07, 6.45) is -0.456. The van der Waals surface area contributed by atoms with Crippen LogP contribution in [0.3, 0.4) is 0 Å². The maximum Gasteiger partial charge on any atom is 0.304 e. The van der Waals surface area contributed by atoms with Gasteiger partial charge in [-0.05, 0) is 55.1 Å². The number of nitrogens with zero attached hydrogens (tertiary/aromatic N) is 2. The third-order valence-electron chi connectivity index (χ3n) is 8.44. The minimum Gasteiger partial charge on any atom is -0.481 e. The lowest BCUT2D eigenvalue weighted by Gasteiger charge is -2.30. The summed E-state index contributed by atoms with van der Waals surface area (Å²) in [6, 6.07) is 17.3. The largest absolute Gasteiger partial charge is 0.481 e. The zero-order valence-electron chi connectivity index (χ0n) is 26.9. The standard InChI is InChI=1S/C35H43N2O8P/c1-5-36(19-16-31(38)39)22-29-24(2)30(23-37(20-17-32(40)41)21-18-33(42)43)26(4)34(25(29)3)35(44)46(45,27-12-8-6-9-13-27)28-14-10-7-11-15-28/h6-15H,5,16-23H2,1-4H3,(H,38,39)(H,40,41)(H,42,43). The monoisotopic (exact) mass is 650 g/mol. The van der Waals surface area contributed by atoms with E-state index in [4.69, 9.17) is 0 Å². The Bertz CT molecular complexity index is 1550. The summed E-state index contributed by atoms with van der Waals surface area (Å²) in [4.78, 5) is 52.9. The Morgan fingerprint density at radius 1 is 0.609 bits per heavy atom. The van der Waals surface area contributed by atoms with Gasteiger partial charge in [-0.1, -0.05) is 67.6 Å². The van der Waals surface area contributed by atoms with Crippen LogP contribution in [0, 0.1) is 20.8 Å². The fourth-order valence-electron chi connectivity index (χ4n) is 5.77. The molecule has 11 heteroatoms. The highest BCUT2D eigenvalue weighted by Gasteiger charge is 2.39. The number of benzene rings is 3. The highest BCUT2D eigenvalue weighted by atomic mass is 31.2. The smallest absolute Gasteiger partial charge is 0.304 e. The van der Waals surface area contributed by atoms with Crippen LogP contribution >= 0.6 is 7.14 Å². The molecule has 0 unspecified atom stereocenters. The molecule has 0 aliphatic rings. The fraction of sp³-hybridized carbons (Fsp3) is 0.371. The number of rotatable bonds is 18. The lowest BCUT2D eigenvalue weighted by molar-refractivity contribution is -0.138. The average Bonchev–Trinajstić information content (AvgIpc) is 3.03. The van der Waals surface area contributed by atoms with E-state index in [2.05, 4.69) is 0 Å². The van der Waals surface area contributed by atoms with Crippen LogP contribution in [0.2, 0.25) is 0 Å². The van der Waals surface area contributed by atoms with Crippen LogP contribution in [-0.4, -0.2) is 74.7 Å². The van der Waals surface area contributed by atoms with Crippen molar-refractivity contribution in [3.63, 3.8) is 0 Å². The number of aliphatic carboxylic acids is 3. The van der Waals surface area contributed by atoms with Gasteiger partial charge in [0.25, 0.3) is 0 Å². The van der Waals surface area contributed by atoms with E-state index < -0.39 is 30.6 Å². The van der Waals surface area contributed by atoms with Crippen molar-refractivity contribution < 1.29 is 39.1 Å². The molecule has 46 heavy (non-hydrogen) atoms. The van der Waals surface area contributed by atoms with E-state index in [1.165, 1.54) is 0 Å². The van der Waals surface area contributed by atoms with E-state index in [-0.39, 0.29) is 45.4 Å². The highest BCUT2D eigenvalue weighted by molar-refractivity contribution is 7.93. The molecule has 3 aromatic rings. The summed E-state index contributed by atoms with van der Waals surface area (Å²) < 4.78 is 15.2. The van der Waals surface area contributed by atoms with Crippen LogP contribution in [-0.2, 0) is 32.0 Å².